The lowest BCUT2D eigenvalue weighted by molar-refractivity contribution is -0.139. The maximum atomic E-state index is 13.6. The number of amides is 1. The van der Waals surface area contributed by atoms with Crippen LogP contribution in [0.2, 0.25) is 0 Å². The fraction of sp³-hybridized carbons (Fsp3) is 0.407. The summed E-state index contributed by atoms with van der Waals surface area (Å²) < 4.78 is 15.4. The first-order chi connectivity index (χ1) is 17.7. The molecule has 0 unspecified atom stereocenters. The highest BCUT2D eigenvalue weighted by atomic mass is 19.1. The van der Waals surface area contributed by atoms with Crippen molar-refractivity contribution < 1.29 is 29.3 Å². The van der Waals surface area contributed by atoms with E-state index in [1.165, 1.54) is 12.1 Å². The second-order valence-electron chi connectivity index (χ2n) is 9.28. The van der Waals surface area contributed by atoms with E-state index in [-0.39, 0.29) is 36.9 Å². The third-order valence-corrected chi connectivity index (χ3v) is 5.93. The van der Waals surface area contributed by atoms with Gasteiger partial charge in [0.15, 0.2) is 0 Å². The lowest BCUT2D eigenvalue weighted by Crippen LogP contribution is -2.27. The van der Waals surface area contributed by atoms with Gasteiger partial charge in [-0.1, -0.05) is 19.9 Å². The van der Waals surface area contributed by atoms with Crippen molar-refractivity contribution in [3.63, 3.8) is 0 Å². The minimum absolute atomic E-state index is 0.0917. The van der Waals surface area contributed by atoms with E-state index in [0.29, 0.717) is 30.0 Å². The number of aromatic nitrogens is 3. The molecule has 0 aliphatic carbocycles. The van der Waals surface area contributed by atoms with E-state index in [1.807, 2.05) is 30.5 Å². The smallest absolute Gasteiger partial charge is 0.305 e. The first kappa shape index (κ1) is 27.9. The monoisotopic (exact) mass is 512 g/mol. The number of pyridine rings is 1. The minimum Gasteiger partial charge on any atom is -0.481 e. The summed E-state index contributed by atoms with van der Waals surface area (Å²) in [5.74, 6) is -1.53. The molecule has 0 saturated carbocycles. The number of carboxylic acid groups (broad SMARTS) is 1. The van der Waals surface area contributed by atoms with Crippen molar-refractivity contribution in [2.45, 2.75) is 64.2 Å². The van der Waals surface area contributed by atoms with Crippen molar-refractivity contribution in [1.82, 2.24) is 19.9 Å². The van der Waals surface area contributed by atoms with E-state index in [4.69, 9.17) is 5.11 Å². The van der Waals surface area contributed by atoms with Crippen molar-refractivity contribution in [3.8, 4) is 11.4 Å². The highest BCUT2D eigenvalue weighted by Gasteiger charge is 2.26. The van der Waals surface area contributed by atoms with Gasteiger partial charge < -0.3 is 25.2 Å². The molecule has 9 nitrogen and oxygen atoms in total. The van der Waals surface area contributed by atoms with Crippen LogP contribution in [0.5, 0.6) is 0 Å². The number of nitrogens with one attached hydrogen (secondary N) is 1. The van der Waals surface area contributed by atoms with Gasteiger partial charge in [-0.2, -0.15) is 0 Å². The van der Waals surface area contributed by atoms with Crippen LogP contribution in [-0.4, -0.2) is 60.5 Å². The quantitative estimate of drug-likeness (QED) is 0.276. The standard InChI is InChI=1S/C27H33FN4O5/c1-17(2)25-24(27(37)30-12-9-18-4-3-11-29-16-18)31-26(19-5-7-20(28)8-6-19)32(25)13-10-21(33)14-22(34)15-23(35)36/h3-8,11,16-17,21-22,33-34H,9-10,12-15H2,1-2H3,(H,30,37)(H,35,36)/t21-,22-/m1/s1. The Morgan fingerprint density at radius 3 is 2.46 bits per heavy atom. The first-order valence-electron chi connectivity index (χ1n) is 12.3. The van der Waals surface area contributed by atoms with Gasteiger partial charge in [0.1, 0.15) is 17.3 Å². The van der Waals surface area contributed by atoms with Gasteiger partial charge in [-0.05, 0) is 61.1 Å². The molecular formula is C27H33FN4O5. The van der Waals surface area contributed by atoms with Crippen molar-refractivity contribution in [2.75, 3.05) is 6.54 Å². The topological polar surface area (TPSA) is 138 Å². The largest absolute Gasteiger partial charge is 0.481 e. The number of aliphatic hydroxyl groups is 2. The summed E-state index contributed by atoms with van der Waals surface area (Å²) in [6.07, 6.45) is 1.55. The Morgan fingerprint density at radius 2 is 1.84 bits per heavy atom. The second-order valence-corrected chi connectivity index (χ2v) is 9.28. The van der Waals surface area contributed by atoms with Crippen LogP contribution >= 0.6 is 0 Å². The number of rotatable bonds is 13. The van der Waals surface area contributed by atoms with Crippen LogP contribution in [0.1, 0.15) is 60.8 Å². The van der Waals surface area contributed by atoms with Gasteiger partial charge in [-0.15, -0.1) is 0 Å². The fourth-order valence-corrected chi connectivity index (χ4v) is 4.21. The Bertz CT molecular complexity index is 1180. The molecule has 2 atom stereocenters. The molecule has 0 fully saturated rings. The number of nitrogens with zero attached hydrogens (tertiary/aromatic N) is 3. The number of hydrogen-bond donors (Lipinski definition) is 4. The number of benzene rings is 1. The Hall–Kier alpha value is -3.63. The van der Waals surface area contributed by atoms with E-state index < -0.39 is 30.4 Å². The molecule has 1 aromatic carbocycles. The number of halogens is 1. The van der Waals surface area contributed by atoms with E-state index in [0.717, 1.165) is 5.56 Å². The van der Waals surface area contributed by atoms with Gasteiger partial charge in [-0.3, -0.25) is 14.6 Å². The fourth-order valence-electron chi connectivity index (χ4n) is 4.21. The van der Waals surface area contributed by atoms with Crippen molar-refractivity contribution >= 4 is 11.9 Å². The van der Waals surface area contributed by atoms with Gasteiger partial charge in [0, 0.05) is 31.0 Å². The zero-order chi connectivity index (χ0) is 26.9. The highest BCUT2D eigenvalue weighted by Crippen LogP contribution is 2.29. The molecule has 3 aromatic rings. The first-order valence-corrected chi connectivity index (χ1v) is 12.3. The van der Waals surface area contributed by atoms with Crippen molar-refractivity contribution in [3.05, 3.63) is 71.6 Å². The molecule has 1 amide bonds. The molecule has 198 valence electrons. The molecule has 0 bridgehead atoms. The molecule has 2 heterocycles. The van der Waals surface area contributed by atoms with Gasteiger partial charge in [0.05, 0.1) is 24.3 Å². The Balaban J connectivity index is 1.85. The number of carbonyl (C=O) groups is 2. The number of hydrogen-bond acceptors (Lipinski definition) is 6. The van der Waals surface area contributed by atoms with Crippen LogP contribution in [0.25, 0.3) is 11.4 Å². The number of aliphatic hydroxyl groups excluding tert-OH is 2. The molecule has 4 N–H and O–H groups in total. The van der Waals surface area contributed by atoms with Gasteiger partial charge in [0.25, 0.3) is 5.91 Å². The number of carboxylic acids is 1. The Morgan fingerprint density at radius 1 is 1.11 bits per heavy atom. The molecular weight excluding hydrogens is 479 g/mol. The second kappa shape index (κ2) is 13.1. The summed E-state index contributed by atoms with van der Waals surface area (Å²) in [6.45, 7) is 4.51. The molecule has 0 aliphatic rings. The summed E-state index contributed by atoms with van der Waals surface area (Å²) in [7, 11) is 0. The Labute approximate surface area is 215 Å². The predicted molar refractivity (Wildman–Crippen MR) is 135 cm³/mol. The van der Waals surface area contributed by atoms with Gasteiger partial charge >= 0.3 is 5.97 Å². The zero-order valence-corrected chi connectivity index (χ0v) is 21.0. The van der Waals surface area contributed by atoms with Gasteiger partial charge in [0.2, 0.25) is 0 Å². The maximum Gasteiger partial charge on any atom is 0.305 e. The summed E-state index contributed by atoms with van der Waals surface area (Å²) in [5, 5.41) is 32.1. The molecule has 0 saturated heterocycles. The predicted octanol–water partition coefficient (Wildman–Crippen LogP) is 3.16. The van der Waals surface area contributed by atoms with E-state index in [9.17, 15) is 24.2 Å². The highest BCUT2D eigenvalue weighted by molar-refractivity contribution is 5.94. The van der Waals surface area contributed by atoms with Crippen LogP contribution in [0.15, 0.2) is 48.8 Å². The van der Waals surface area contributed by atoms with Crippen molar-refractivity contribution in [2.24, 2.45) is 0 Å². The van der Waals surface area contributed by atoms with Crippen LogP contribution in [0.4, 0.5) is 4.39 Å². The molecule has 10 heteroatoms. The van der Waals surface area contributed by atoms with Crippen LogP contribution in [-0.2, 0) is 17.8 Å². The summed E-state index contributed by atoms with van der Waals surface area (Å²) in [6, 6.07) is 9.55. The Kier molecular flexibility index (Phi) is 9.87. The van der Waals surface area contributed by atoms with E-state index in [1.54, 1.807) is 24.5 Å². The lowest BCUT2D eigenvalue weighted by Gasteiger charge is -2.18. The van der Waals surface area contributed by atoms with E-state index in [2.05, 4.69) is 15.3 Å². The number of imidazole rings is 1. The van der Waals surface area contributed by atoms with Crippen LogP contribution < -0.4 is 5.32 Å². The lowest BCUT2D eigenvalue weighted by atomic mass is 10.0. The number of aliphatic carboxylic acids is 1. The minimum atomic E-state index is -1.17. The van der Waals surface area contributed by atoms with Crippen LogP contribution in [0.3, 0.4) is 0 Å². The molecule has 0 spiro atoms. The maximum absolute atomic E-state index is 13.6. The average Bonchev–Trinajstić information content (AvgIpc) is 3.23. The summed E-state index contributed by atoms with van der Waals surface area (Å²) in [5.41, 5.74) is 2.51. The molecule has 3 rings (SSSR count). The summed E-state index contributed by atoms with van der Waals surface area (Å²) in [4.78, 5) is 32.7. The normalized spacial score (nSPS) is 12.9. The molecule has 0 aliphatic heterocycles. The van der Waals surface area contributed by atoms with Crippen molar-refractivity contribution in [1.29, 1.82) is 0 Å². The molecule has 2 aromatic heterocycles. The van der Waals surface area contributed by atoms with E-state index >= 15 is 0 Å². The number of carbonyl (C=O) groups excluding carboxylic acids is 1. The van der Waals surface area contributed by atoms with Crippen LogP contribution in [0, 0.1) is 5.82 Å². The molecule has 37 heavy (non-hydrogen) atoms. The third-order valence-electron chi connectivity index (χ3n) is 5.93. The molecule has 0 radical (unpaired) electrons. The van der Waals surface area contributed by atoms with Gasteiger partial charge in [-0.25, -0.2) is 9.37 Å². The third kappa shape index (κ3) is 7.93. The SMILES string of the molecule is CC(C)c1c(C(=O)NCCc2cccnc2)nc(-c2ccc(F)cc2)n1CC[C@@H](O)C[C@@H](O)CC(=O)O. The average molecular weight is 513 g/mol. The zero-order valence-electron chi connectivity index (χ0n) is 21.0. The summed E-state index contributed by atoms with van der Waals surface area (Å²) >= 11 is 0.